The molecule has 0 radical (unpaired) electrons. The van der Waals surface area contributed by atoms with Crippen molar-refractivity contribution >= 4 is 0 Å². The summed E-state index contributed by atoms with van der Waals surface area (Å²) in [5.41, 5.74) is 5.85. The van der Waals surface area contributed by atoms with Crippen molar-refractivity contribution in [3.05, 3.63) is 0 Å². The van der Waals surface area contributed by atoms with E-state index in [4.69, 9.17) is 5.73 Å². The summed E-state index contributed by atoms with van der Waals surface area (Å²) >= 11 is 0. The van der Waals surface area contributed by atoms with Crippen molar-refractivity contribution in [2.45, 2.75) is 76.4 Å². The molecule has 2 aliphatic rings. The zero-order valence-electron chi connectivity index (χ0n) is 10.1. The lowest BCUT2D eigenvalue weighted by Gasteiger charge is -2.47. The first-order chi connectivity index (χ1) is 7.33. The molecule has 2 saturated carbocycles. The van der Waals surface area contributed by atoms with Crippen molar-refractivity contribution in [2.24, 2.45) is 5.73 Å². The van der Waals surface area contributed by atoms with Gasteiger partial charge in [-0.3, -0.25) is 4.90 Å². The molecule has 2 nitrogen and oxygen atoms in total. The first-order valence-electron chi connectivity index (χ1n) is 6.80. The molecular formula is C13H26N2. The molecule has 2 N–H and O–H groups in total. The maximum absolute atomic E-state index is 5.85. The SMILES string of the molecule is CC(CN)N(C1CCCCC1)C1CCC1. The number of hydrogen-bond donors (Lipinski definition) is 1. The van der Waals surface area contributed by atoms with Crippen LogP contribution in [0.4, 0.5) is 0 Å². The van der Waals surface area contributed by atoms with Crippen LogP contribution < -0.4 is 5.73 Å². The summed E-state index contributed by atoms with van der Waals surface area (Å²) in [7, 11) is 0. The topological polar surface area (TPSA) is 29.3 Å². The Hall–Kier alpha value is -0.0800. The van der Waals surface area contributed by atoms with Gasteiger partial charge in [0.2, 0.25) is 0 Å². The Labute approximate surface area is 94.2 Å². The molecule has 0 aromatic rings. The monoisotopic (exact) mass is 210 g/mol. The lowest BCUT2D eigenvalue weighted by Crippen LogP contribution is -2.53. The average molecular weight is 210 g/mol. The largest absolute Gasteiger partial charge is 0.329 e. The Kier molecular flexibility index (Phi) is 4.04. The van der Waals surface area contributed by atoms with Gasteiger partial charge in [-0.15, -0.1) is 0 Å². The molecule has 1 unspecified atom stereocenters. The fourth-order valence-corrected chi connectivity index (χ4v) is 3.20. The molecule has 2 aliphatic carbocycles. The molecule has 88 valence electrons. The fourth-order valence-electron chi connectivity index (χ4n) is 3.20. The van der Waals surface area contributed by atoms with Gasteiger partial charge < -0.3 is 5.73 Å². The van der Waals surface area contributed by atoms with Gasteiger partial charge in [0.1, 0.15) is 0 Å². The molecule has 0 saturated heterocycles. The molecule has 0 amide bonds. The maximum atomic E-state index is 5.85. The lowest BCUT2D eigenvalue weighted by molar-refractivity contribution is 0.0284. The third kappa shape index (κ3) is 2.54. The van der Waals surface area contributed by atoms with Gasteiger partial charge in [0.25, 0.3) is 0 Å². The van der Waals surface area contributed by atoms with Crippen LogP contribution in [0, 0.1) is 0 Å². The van der Waals surface area contributed by atoms with E-state index in [-0.39, 0.29) is 0 Å². The molecule has 0 heterocycles. The van der Waals surface area contributed by atoms with Gasteiger partial charge in [-0.1, -0.05) is 25.7 Å². The van der Waals surface area contributed by atoms with E-state index < -0.39 is 0 Å². The Bertz CT molecular complexity index is 178. The van der Waals surface area contributed by atoms with Crippen LogP contribution >= 0.6 is 0 Å². The van der Waals surface area contributed by atoms with Crippen LogP contribution in [-0.4, -0.2) is 29.6 Å². The van der Waals surface area contributed by atoms with Gasteiger partial charge in [-0.05, 0) is 32.6 Å². The molecular weight excluding hydrogens is 184 g/mol. The fraction of sp³-hybridized carbons (Fsp3) is 1.00. The predicted octanol–water partition coefficient (Wildman–Crippen LogP) is 2.52. The smallest absolute Gasteiger partial charge is 0.0195 e. The predicted molar refractivity (Wildman–Crippen MR) is 64.9 cm³/mol. The summed E-state index contributed by atoms with van der Waals surface area (Å²) in [4.78, 5) is 2.77. The first-order valence-corrected chi connectivity index (χ1v) is 6.80. The summed E-state index contributed by atoms with van der Waals surface area (Å²) in [6.07, 6.45) is 11.4. The van der Waals surface area contributed by atoms with Gasteiger partial charge in [-0.25, -0.2) is 0 Å². The van der Waals surface area contributed by atoms with Crippen LogP contribution in [-0.2, 0) is 0 Å². The number of hydrogen-bond acceptors (Lipinski definition) is 2. The quantitative estimate of drug-likeness (QED) is 0.772. The summed E-state index contributed by atoms with van der Waals surface area (Å²) < 4.78 is 0. The van der Waals surface area contributed by atoms with E-state index in [2.05, 4.69) is 11.8 Å². The van der Waals surface area contributed by atoms with Gasteiger partial charge in [0, 0.05) is 24.7 Å². The zero-order chi connectivity index (χ0) is 10.7. The first kappa shape index (κ1) is 11.4. The van der Waals surface area contributed by atoms with Crippen molar-refractivity contribution in [1.82, 2.24) is 4.90 Å². The minimum Gasteiger partial charge on any atom is -0.329 e. The van der Waals surface area contributed by atoms with Crippen molar-refractivity contribution in [3.63, 3.8) is 0 Å². The average Bonchev–Trinajstić information content (AvgIpc) is 2.23. The van der Waals surface area contributed by atoms with E-state index >= 15 is 0 Å². The molecule has 15 heavy (non-hydrogen) atoms. The molecule has 0 aliphatic heterocycles. The zero-order valence-corrected chi connectivity index (χ0v) is 10.1. The molecule has 2 heteroatoms. The minimum atomic E-state index is 0.596. The third-order valence-corrected chi connectivity index (χ3v) is 4.34. The normalized spacial score (nSPS) is 26.6. The van der Waals surface area contributed by atoms with E-state index in [0.29, 0.717) is 6.04 Å². The molecule has 0 bridgehead atoms. The summed E-state index contributed by atoms with van der Waals surface area (Å²) in [5, 5.41) is 0. The Balaban J connectivity index is 1.95. The van der Waals surface area contributed by atoms with Gasteiger partial charge in [0.05, 0.1) is 0 Å². The standard InChI is InChI=1S/C13H26N2/c1-11(10-14)15(13-8-5-9-13)12-6-3-2-4-7-12/h11-13H,2-10,14H2,1H3. The van der Waals surface area contributed by atoms with Crippen molar-refractivity contribution in [1.29, 1.82) is 0 Å². The Morgan fingerprint density at radius 2 is 1.53 bits per heavy atom. The second-order valence-corrected chi connectivity index (χ2v) is 5.41. The van der Waals surface area contributed by atoms with Gasteiger partial charge in [-0.2, -0.15) is 0 Å². The maximum Gasteiger partial charge on any atom is 0.0195 e. The second-order valence-electron chi connectivity index (χ2n) is 5.41. The lowest BCUT2D eigenvalue weighted by atomic mass is 9.85. The highest BCUT2D eigenvalue weighted by molar-refractivity contribution is 4.89. The molecule has 0 aromatic carbocycles. The summed E-state index contributed by atoms with van der Waals surface area (Å²) in [6, 6.07) is 2.31. The Morgan fingerprint density at radius 1 is 1.00 bits per heavy atom. The van der Waals surface area contributed by atoms with Crippen molar-refractivity contribution in [2.75, 3.05) is 6.54 Å². The van der Waals surface area contributed by atoms with Crippen LogP contribution in [0.3, 0.4) is 0 Å². The summed E-state index contributed by atoms with van der Waals surface area (Å²) in [5.74, 6) is 0. The van der Waals surface area contributed by atoms with Gasteiger partial charge >= 0.3 is 0 Å². The van der Waals surface area contributed by atoms with Crippen LogP contribution in [0.1, 0.15) is 58.3 Å². The minimum absolute atomic E-state index is 0.596. The van der Waals surface area contributed by atoms with Crippen molar-refractivity contribution in [3.8, 4) is 0 Å². The molecule has 0 spiro atoms. The van der Waals surface area contributed by atoms with Crippen LogP contribution in [0.5, 0.6) is 0 Å². The number of rotatable bonds is 4. The number of nitrogens with zero attached hydrogens (tertiary/aromatic N) is 1. The summed E-state index contributed by atoms with van der Waals surface area (Å²) in [6.45, 7) is 3.14. The highest BCUT2D eigenvalue weighted by Gasteiger charge is 2.33. The van der Waals surface area contributed by atoms with E-state index in [1.807, 2.05) is 0 Å². The highest BCUT2D eigenvalue weighted by atomic mass is 15.2. The van der Waals surface area contributed by atoms with E-state index in [0.717, 1.165) is 18.6 Å². The Morgan fingerprint density at radius 3 is 1.93 bits per heavy atom. The van der Waals surface area contributed by atoms with E-state index in [1.54, 1.807) is 0 Å². The molecule has 2 fully saturated rings. The van der Waals surface area contributed by atoms with Crippen LogP contribution in [0.15, 0.2) is 0 Å². The van der Waals surface area contributed by atoms with Crippen molar-refractivity contribution < 1.29 is 0 Å². The second kappa shape index (κ2) is 5.31. The van der Waals surface area contributed by atoms with E-state index in [1.165, 1.54) is 51.4 Å². The van der Waals surface area contributed by atoms with Crippen LogP contribution in [0.25, 0.3) is 0 Å². The van der Waals surface area contributed by atoms with Crippen LogP contribution in [0.2, 0.25) is 0 Å². The third-order valence-electron chi connectivity index (χ3n) is 4.34. The van der Waals surface area contributed by atoms with E-state index in [9.17, 15) is 0 Å². The highest BCUT2D eigenvalue weighted by Crippen LogP contribution is 2.33. The molecule has 0 aromatic heterocycles. The molecule has 2 rings (SSSR count). The van der Waals surface area contributed by atoms with Gasteiger partial charge in [0.15, 0.2) is 0 Å². The molecule has 1 atom stereocenters. The number of nitrogens with two attached hydrogens (primary N) is 1.